The molecule has 1 heterocycles. The van der Waals surface area contributed by atoms with E-state index in [0.29, 0.717) is 11.4 Å². The molecule has 0 saturated carbocycles. The van der Waals surface area contributed by atoms with E-state index in [-0.39, 0.29) is 24.1 Å². The minimum atomic E-state index is -4.17. The van der Waals surface area contributed by atoms with E-state index < -0.39 is 5.51 Å². The maximum Gasteiger partial charge on any atom is 0.441 e. The standard InChI is InChI=1S/C8H10F3N3S/c9-8(10,11)15-2-1-14-7-3-6(12)4-13-5-7/h3-5,14H,1-2,12H2. The van der Waals surface area contributed by atoms with Crippen LogP contribution in [0, 0.1) is 0 Å². The third-order valence-electron chi connectivity index (χ3n) is 1.46. The van der Waals surface area contributed by atoms with E-state index in [1.807, 2.05) is 0 Å². The second kappa shape index (κ2) is 5.11. The molecule has 0 aromatic carbocycles. The summed E-state index contributed by atoms with van der Waals surface area (Å²) in [5.74, 6) is -0.0434. The molecule has 0 aliphatic heterocycles. The van der Waals surface area contributed by atoms with Crippen LogP contribution in [0.4, 0.5) is 24.5 Å². The molecule has 0 aliphatic carbocycles. The van der Waals surface area contributed by atoms with E-state index in [9.17, 15) is 13.2 Å². The number of nitrogens with two attached hydrogens (primary N) is 1. The number of nitrogens with one attached hydrogen (secondary N) is 1. The van der Waals surface area contributed by atoms with Crippen molar-refractivity contribution in [1.29, 1.82) is 0 Å². The number of anilines is 2. The predicted molar refractivity (Wildman–Crippen MR) is 55.7 cm³/mol. The third-order valence-corrected chi connectivity index (χ3v) is 2.19. The predicted octanol–water partition coefficient (Wildman–Crippen LogP) is 2.33. The van der Waals surface area contributed by atoms with Crippen molar-refractivity contribution in [3.63, 3.8) is 0 Å². The van der Waals surface area contributed by atoms with Gasteiger partial charge in [-0.2, -0.15) is 13.2 Å². The van der Waals surface area contributed by atoms with Crippen molar-refractivity contribution in [2.45, 2.75) is 5.51 Å². The molecular weight excluding hydrogens is 227 g/mol. The van der Waals surface area contributed by atoms with Crippen LogP contribution in [0.1, 0.15) is 0 Å². The lowest BCUT2D eigenvalue weighted by Crippen LogP contribution is -2.09. The smallest absolute Gasteiger partial charge is 0.397 e. The molecule has 84 valence electrons. The molecule has 1 aromatic rings. The zero-order valence-electron chi connectivity index (χ0n) is 7.71. The Bertz CT molecular complexity index is 316. The largest absolute Gasteiger partial charge is 0.441 e. The molecule has 1 rings (SSSR count). The first-order valence-electron chi connectivity index (χ1n) is 4.12. The average molecular weight is 237 g/mol. The molecule has 3 nitrogen and oxygen atoms in total. The van der Waals surface area contributed by atoms with Crippen LogP contribution in [-0.4, -0.2) is 22.8 Å². The molecular formula is C8H10F3N3S. The van der Waals surface area contributed by atoms with Crippen molar-refractivity contribution in [2.75, 3.05) is 23.3 Å². The molecule has 0 fully saturated rings. The van der Waals surface area contributed by atoms with Gasteiger partial charge in [-0.3, -0.25) is 4.98 Å². The Morgan fingerprint density at radius 3 is 2.73 bits per heavy atom. The molecule has 0 unspecified atom stereocenters. The van der Waals surface area contributed by atoms with Gasteiger partial charge in [0.25, 0.3) is 0 Å². The molecule has 0 bridgehead atoms. The number of hydrogen-bond donors (Lipinski definition) is 2. The fourth-order valence-corrected chi connectivity index (χ4v) is 1.35. The van der Waals surface area contributed by atoms with E-state index in [1.165, 1.54) is 12.4 Å². The summed E-state index contributed by atoms with van der Waals surface area (Å²) in [5, 5.41) is 2.79. The van der Waals surface area contributed by atoms with Crippen molar-refractivity contribution in [3.05, 3.63) is 18.5 Å². The number of pyridine rings is 1. The van der Waals surface area contributed by atoms with Gasteiger partial charge in [-0.15, -0.1) is 0 Å². The molecule has 7 heteroatoms. The number of halogens is 3. The minimum absolute atomic E-state index is 0.0434. The van der Waals surface area contributed by atoms with Gasteiger partial charge in [-0.25, -0.2) is 0 Å². The second-order valence-corrected chi connectivity index (χ2v) is 3.89. The molecule has 0 aliphatic rings. The zero-order chi connectivity index (χ0) is 11.3. The fraction of sp³-hybridized carbons (Fsp3) is 0.375. The summed E-state index contributed by atoms with van der Waals surface area (Å²) in [5.41, 5.74) is 2.37. The number of nitrogen functional groups attached to an aromatic ring is 1. The van der Waals surface area contributed by atoms with E-state index in [4.69, 9.17) is 5.73 Å². The van der Waals surface area contributed by atoms with Gasteiger partial charge in [-0.1, -0.05) is 0 Å². The quantitative estimate of drug-likeness (QED) is 0.789. The van der Waals surface area contributed by atoms with Crippen molar-refractivity contribution in [2.24, 2.45) is 0 Å². The monoisotopic (exact) mass is 237 g/mol. The Morgan fingerprint density at radius 1 is 1.40 bits per heavy atom. The lowest BCUT2D eigenvalue weighted by molar-refractivity contribution is -0.0327. The summed E-state index contributed by atoms with van der Waals surface area (Å²) in [4.78, 5) is 3.80. The van der Waals surface area contributed by atoms with Crippen molar-refractivity contribution in [3.8, 4) is 0 Å². The summed E-state index contributed by atoms with van der Waals surface area (Å²) >= 11 is -0.0571. The Labute approximate surface area is 89.3 Å². The van der Waals surface area contributed by atoms with Crippen LogP contribution < -0.4 is 11.1 Å². The second-order valence-electron chi connectivity index (χ2n) is 2.73. The van der Waals surface area contributed by atoms with Gasteiger partial charge in [0.2, 0.25) is 0 Å². The summed E-state index contributed by atoms with van der Waals surface area (Å²) < 4.78 is 35.2. The van der Waals surface area contributed by atoms with Crippen LogP contribution in [0.15, 0.2) is 18.5 Å². The maximum absolute atomic E-state index is 11.7. The van der Waals surface area contributed by atoms with Crippen LogP contribution in [0.25, 0.3) is 0 Å². The molecule has 0 spiro atoms. The highest BCUT2D eigenvalue weighted by molar-refractivity contribution is 8.00. The van der Waals surface area contributed by atoms with Crippen molar-refractivity contribution >= 4 is 23.1 Å². The van der Waals surface area contributed by atoms with E-state index >= 15 is 0 Å². The number of alkyl halides is 3. The van der Waals surface area contributed by atoms with Crippen molar-refractivity contribution in [1.82, 2.24) is 4.98 Å². The lowest BCUT2D eigenvalue weighted by Gasteiger charge is -2.07. The molecule has 0 saturated heterocycles. The highest BCUT2D eigenvalue weighted by Crippen LogP contribution is 2.29. The summed E-state index contributed by atoms with van der Waals surface area (Å²) in [6.45, 7) is 0.218. The number of thioether (sulfide) groups is 1. The molecule has 3 N–H and O–H groups in total. The number of aromatic nitrogens is 1. The Morgan fingerprint density at radius 2 is 2.13 bits per heavy atom. The van der Waals surface area contributed by atoms with E-state index in [0.717, 1.165) is 0 Å². The zero-order valence-corrected chi connectivity index (χ0v) is 8.53. The Hall–Kier alpha value is -1.11. The first kappa shape index (κ1) is 12.0. The van der Waals surface area contributed by atoms with E-state index in [1.54, 1.807) is 6.07 Å². The number of nitrogens with zero attached hydrogens (tertiary/aromatic N) is 1. The number of rotatable bonds is 4. The van der Waals surface area contributed by atoms with Gasteiger partial charge in [0.1, 0.15) is 0 Å². The topological polar surface area (TPSA) is 50.9 Å². The van der Waals surface area contributed by atoms with Crippen molar-refractivity contribution < 1.29 is 13.2 Å². The van der Waals surface area contributed by atoms with E-state index in [2.05, 4.69) is 10.3 Å². The lowest BCUT2D eigenvalue weighted by atomic mass is 10.4. The molecule has 1 aromatic heterocycles. The van der Waals surface area contributed by atoms with Gasteiger partial charge in [0.15, 0.2) is 0 Å². The fourth-order valence-electron chi connectivity index (χ4n) is 0.917. The summed E-state index contributed by atoms with van der Waals surface area (Å²) in [7, 11) is 0. The van der Waals surface area contributed by atoms with Crippen LogP contribution in [-0.2, 0) is 0 Å². The van der Waals surface area contributed by atoms with Gasteiger partial charge in [0, 0.05) is 18.5 Å². The summed E-state index contributed by atoms with van der Waals surface area (Å²) in [6, 6.07) is 1.62. The molecule has 15 heavy (non-hydrogen) atoms. The van der Waals surface area contributed by atoms with Crippen LogP contribution in [0.2, 0.25) is 0 Å². The van der Waals surface area contributed by atoms with Gasteiger partial charge < -0.3 is 11.1 Å². The summed E-state index contributed by atoms with van der Waals surface area (Å²) in [6.07, 6.45) is 2.98. The highest BCUT2D eigenvalue weighted by atomic mass is 32.2. The molecule has 0 amide bonds. The Balaban J connectivity index is 2.26. The van der Waals surface area contributed by atoms with Crippen LogP contribution in [0.5, 0.6) is 0 Å². The minimum Gasteiger partial charge on any atom is -0.397 e. The molecule has 0 radical (unpaired) electrons. The first-order chi connectivity index (χ1) is 6.97. The van der Waals surface area contributed by atoms with Gasteiger partial charge >= 0.3 is 5.51 Å². The van der Waals surface area contributed by atoms with Gasteiger partial charge in [0.05, 0.1) is 17.6 Å². The first-order valence-corrected chi connectivity index (χ1v) is 5.11. The SMILES string of the molecule is Nc1cncc(NCCSC(F)(F)F)c1. The normalized spacial score (nSPS) is 11.4. The van der Waals surface area contributed by atoms with Crippen LogP contribution >= 0.6 is 11.8 Å². The Kier molecular flexibility index (Phi) is 4.07. The maximum atomic E-state index is 11.7. The average Bonchev–Trinajstić information content (AvgIpc) is 2.11. The highest BCUT2D eigenvalue weighted by Gasteiger charge is 2.27. The van der Waals surface area contributed by atoms with Crippen LogP contribution in [0.3, 0.4) is 0 Å². The number of hydrogen-bond acceptors (Lipinski definition) is 4. The molecule has 0 atom stereocenters. The van der Waals surface area contributed by atoms with Gasteiger partial charge in [-0.05, 0) is 17.8 Å². The third kappa shape index (κ3) is 5.36.